The van der Waals surface area contributed by atoms with Gasteiger partial charge in [0.05, 0.1) is 11.1 Å². The molecule has 186 valence electrons. The van der Waals surface area contributed by atoms with Crippen LogP contribution in [0, 0.1) is 11.3 Å². The van der Waals surface area contributed by atoms with Crippen molar-refractivity contribution in [2.45, 2.75) is 25.6 Å². The van der Waals surface area contributed by atoms with Gasteiger partial charge < -0.3 is 15.1 Å². The average Bonchev–Trinajstić information content (AvgIpc) is 2.93. The van der Waals surface area contributed by atoms with E-state index in [0.29, 0.717) is 17.6 Å². The molecule has 0 spiro atoms. The minimum absolute atomic E-state index is 0.472. The number of hydrogen-bond acceptors (Lipinski definition) is 8. The van der Waals surface area contributed by atoms with E-state index >= 15 is 0 Å². The van der Waals surface area contributed by atoms with Gasteiger partial charge >= 0.3 is 0 Å². The van der Waals surface area contributed by atoms with Crippen LogP contribution >= 0.6 is 0 Å². The van der Waals surface area contributed by atoms with Gasteiger partial charge in [-0.15, -0.1) is 0 Å². The standard InChI is InChI=1S/C28H34N8/c1-21-17-35(26-5-4-23(16-29)28-25(26)3-2-7-32-28)20-24-19-33(13-14-36(21)24)18-22-6-8-31-27(15-22)34-11-9-30-10-12-34/h2-8,15,21,24,30H,9-14,17-20H2,1H3/t21-,24-/m1/s1. The number of nitriles is 1. The van der Waals surface area contributed by atoms with Crippen molar-refractivity contribution in [1.29, 1.82) is 5.26 Å². The fourth-order valence-corrected chi connectivity index (χ4v) is 6.18. The largest absolute Gasteiger partial charge is 0.368 e. The fourth-order valence-electron chi connectivity index (χ4n) is 6.18. The number of nitrogens with one attached hydrogen (secondary N) is 1. The number of fused-ring (bicyclic) bond motifs is 2. The minimum Gasteiger partial charge on any atom is -0.368 e. The molecule has 1 aromatic carbocycles. The van der Waals surface area contributed by atoms with Gasteiger partial charge in [-0.05, 0) is 48.9 Å². The highest BCUT2D eigenvalue weighted by molar-refractivity contribution is 5.95. The summed E-state index contributed by atoms with van der Waals surface area (Å²) < 4.78 is 0. The molecule has 1 N–H and O–H groups in total. The van der Waals surface area contributed by atoms with Gasteiger partial charge in [-0.3, -0.25) is 14.8 Å². The van der Waals surface area contributed by atoms with Crippen molar-refractivity contribution in [1.82, 2.24) is 25.1 Å². The van der Waals surface area contributed by atoms with E-state index in [9.17, 15) is 5.26 Å². The number of hydrogen-bond donors (Lipinski definition) is 1. The second-order valence-electron chi connectivity index (χ2n) is 10.3. The average molecular weight is 483 g/mol. The molecule has 3 saturated heterocycles. The number of pyridine rings is 2. The maximum atomic E-state index is 9.55. The fraction of sp³-hybridized carbons (Fsp3) is 0.464. The topological polar surface area (TPSA) is 74.6 Å². The Morgan fingerprint density at radius 3 is 2.72 bits per heavy atom. The molecule has 2 atom stereocenters. The molecule has 0 unspecified atom stereocenters. The summed E-state index contributed by atoms with van der Waals surface area (Å²) in [6.07, 6.45) is 3.75. The minimum atomic E-state index is 0.472. The normalized spacial score (nSPS) is 23.4. The number of piperazine rings is 3. The highest BCUT2D eigenvalue weighted by atomic mass is 15.4. The van der Waals surface area contributed by atoms with Gasteiger partial charge in [-0.25, -0.2) is 4.98 Å². The lowest BCUT2D eigenvalue weighted by molar-refractivity contribution is 0.0318. The molecule has 3 aliphatic heterocycles. The molecule has 8 heteroatoms. The number of anilines is 2. The lowest BCUT2D eigenvalue weighted by Crippen LogP contribution is -2.65. The summed E-state index contributed by atoms with van der Waals surface area (Å²) in [5, 5.41) is 14.0. The van der Waals surface area contributed by atoms with Crippen LogP contribution < -0.4 is 15.1 Å². The van der Waals surface area contributed by atoms with Gasteiger partial charge in [0.15, 0.2) is 0 Å². The second-order valence-corrected chi connectivity index (χ2v) is 10.3. The summed E-state index contributed by atoms with van der Waals surface area (Å²) >= 11 is 0. The molecule has 0 saturated carbocycles. The van der Waals surface area contributed by atoms with Crippen molar-refractivity contribution in [3.05, 3.63) is 59.9 Å². The van der Waals surface area contributed by atoms with Crippen molar-refractivity contribution < 1.29 is 0 Å². The van der Waals surface area contributed by atoms with Crippen LogP contribution in [0.3, 0.4) is 0 Å². The Morgan fingerprint density at radius 1 is 0.972 bits per heavy atom. The van der Waals surface area contributed by atoms with Gasteiger partial charge in [-0.2, -0.15) is 5.26 Å². The molecule has 5 heterocycles. The van der Waals surface area contributed by atoms with Gasteiger partial charge in [0.1, 0.15) is 11.9 Å². The van der Waals surface area contributed by atoms with E-state index in [1.54, 1.807) is 6.20 Å². The van der Waals surface area contributed by atoms with Crippen molar-refractivity contribution in [3.63, 3.8) is 0 Å². The van der Waals surface area contributed by atoms with Gasteiger partial charge in [0.2, 0.25) is 0 Å². The molecule has 0 bridgehead atoms. The van der Waals surface area contributed by atoms with Crippen LogP contribution in [0.2, 0.25) is 0 Å². The van der Waals surface area contributed by atoms with Crippen LogP contribution in [0.1, 0.15) is 18.1 Å². The number of nitrogens with zero attached hydrogens (tertiary/aromatic N) is 7. The summed E-state index contributed by atoms with van der Waals surface area (Å²) in [7, 11) is 0. The van der Waals surface area contributed by atoms with Crippen LogP contribution in [0.4, 0.5) is 11.5 Å². The van der Waals surface area contributed by atoms with E-state index in [1.807, 2.05) is 18.3 Å². The lowest BCUT2D eigenvalue weighted by Gasteiger charge is -2.51. The third kappa shape index (κ3) is 4.50. The molecule has 3 aliphatic rings. The van der Waals surface area contributed by atoms with Crippen molar-refractivity contribution >= 4 is 22.4 Å². The summed E-state index contributed by atoms with van der Waals surface area (Å²) in [6.45, 7) is 12.6. The van der Waals surface area contributed by atoms with Crippen LogP contribution in [0.25, 0.3) is 10.9 Å². The predicted molar refractivity (Wildman–Crippen MR) is 143 cm³/mol. The second kappa shape index (κ2) is 10.0. The molecule has 3 fully saturated rings. The molecular formula is C28H34N8. The zero-order valence-corrected chi connectivity index (χ0v) is 21.0. The van der Waals surface area contributed by atoms with E-state index < -0.39 is 0 Å². The first-order chi connectivity index (χ1) is 17.7. The van der Waals surface area contributed by atoms with E-state index in [-0.39, 0.29) is 0 Å². The molecule has 2 aromatic heterocycles. The molecular weight excluding hydrogens is 448 g/mol. The number of benzene rings is 1. The third-order valence-electron chi connectivity index (χ3n) is 7.96. The summed E-state index contributed by atoms with van der Waals surface area (Å²) in [5.74, 6) is 1.10. The Bertz CT molecular complexity index is 1260. The molecule has 3 aromatic rings. The molecule has 0 amide bonds. The van der Waals surface area contributed by atoms with Gasteiger partial charge in [0.25, 0.3) is 0 Å². The molecule has 0 aliphatic carbocycles. The van der Waals surface area contributed by atoms with E-state index in [2.05, 4.69) is 72.1 Å². The summed E-state index contributed by atoms with van der Waals surface area (Å²) in [6, 6.07) is 15.8. The quantitative estimate of drug-likeness (QED) is 0.607. The number of aromatic nitrogens is 2. The highest BCUT2D eigenvalue weighted by Crippen LogP contribution is 2.32. The predicted octanol–water partition coefficient (Wildman–Crippen LogP) is 2.31. The Morgan fingerprint density at radius 2 is 1.86 bits per heavy atom. The van der Waals surface area contributed by atoms with Gasteiger partial charge in [0, 0.05) is 101 Å². The zero-order chi connectivity index (χ0) is 24.5. The summed E-state index contributed by atoms with van der Waals surface area (Å²) in [4.78, 5) is 19.4. The van der Waals surface area contributed by atoms with E-state index in [4.69, 9.17) is 0 Å². The van der Waals surface area contributed by atoms with Crippen LogP contribution in [-0.2, 0) is 6.54 Å². The Labute approximate surface area is 213 Å². The third-order valence-corrected chi connectivity index (χ3v) is 7.96. The Hall–Kier alpha value is -3.25. The maximum absolute atomic E-state index is 9.55. The molecule has 6 rings (SSSR count). The first-order valence-corrected chi connectivity index (χ1v) is 13.1. The first-order valence-electron chi connectivity index (χ1n) is 13.1. The summed E-state index contributed by atoms with van der Waals surface area (Å²) in [5.41, 5.74) is 3.98. The Kier molecular flexibility index (Phi) is 6.45. The molecule has 0 radical (unpaired) electrons. The number of rotatable bonds is 4. The van der Waals surface area contributed by atoms with Crippen LogP contribution in [0.5, 0.6) is 0 Å². The van der Waals surface area contributed by atoms with E-state index in [1.165, 1.54) is 11.3 Å². The maximum Gasteiger partial charge on any atom is 0.128 e. The van der Waals surface area contributed by atoms with Crippen molar-refractivity contribution in [2.24, 2.45) is 0 Å². The Balaban J connectivity index is 1.18. The smallest absolute Gasteiger partial charge is 0.128 e. The van der Waals surface area contributed by atoms with E-state index in [0.717, 1.165) is 82.2 Å². The molecule has 36 heavy (non-hydrogen) atoms. The van der Waals surface area contributed by atoms with Crippen molar-refractivity contribution in [3.8, 4) is 6.07 Å². The monoisotopic (exact) mass is 482 g/mol. The van der Waals surface area contributed by atoms with Gasteiger partial charge in [-0.1, -0.05) is 0 Å². The lowest BCUT2D eigenvalue weighted by atomic mass is 10.0. The molecule has 8 nitrogen and oxygen atoms in total. The van der Waals surface area contributed by atoms with Crippen LogP contribution in [-0.4, -0.2) is 90.8 Å². The highest BCUT2D eigenvalue weighted by Gasteiger charge is 2.36. The first kappa shape index (κ1) is 23.2. The SMILES string of the molecule is C[C@@H]1CN(c2ccc(C#N)c3ncccc23)C[C@H]2CN(Cc3ccnc(N4CCNCC4)c3)CCN21. The van der Waals surface area contributed by atoms with Crippen molar-refractivity contribution in [2.75, 3.05) is 68.7 Å². The zero-order valence-electron chi connectivity index (χ0n) is 21.0. The van der Waals surface area contributed by atoms with Crippen LogP contribution in [0.15, 0.2) is 48.8 Å².